The third kappa shape index (κ3) is 2.01. The van der Waals surface area contributed by atoms with Crippen molar-refractivity contribution in [2.24, 2.45) is 0 Å². The molecule has 0 bridgehead atoms. The molecule has 0 spiro atoms. The Labute approximate surface area is 106 Å². The van der Waals surface area contributed by atoms with Gasteiger partial charge in [-0.05, 0) is 19.4 Å². The molecular formula is C12H19N5O. The van der Waals surface area contributed by atoms with E-state index in [1.807, 2.05) is 4.90 Å². The number of amides is 1. The number of hydrogen-bond acceptors (Lipinski definition) is 4. The lowest BCUT2D eigenvalue weighted by molar-refractivity contribution is -0.130. The van der Waals surface area contributed by atoms with Gasteiger partial charge in [-0.1, -0.05) is 0 Å². The first-order valence-corrected chi connectivity index (χ1v) is 6.64. The molecule has 6 heteroatoms. The fourth-order valence-corrected chi connectivity index (χ4v) is 2.82. The summed E-state index contributed by atoms with van der Waals surface area (Å²) < 4.78 is 2.21. The van der Waals surface area contributed by atoms with Gasteiger partial charge in [-0.2, -0.15) is 0 Å². The van der Waals surface area contributed by atoms with Crippen LogP contribution in [0.15, 0.2) is 0 Å². The van der Waals surface area contributed by atoms with Gasteiger partial charge in [-0.15, -0.1) is 10.2 Å². The van der Waals surface area contributed by atoms with Gasteiger partial charge in [0.1, 0.15) is 5.82 Å². The average Bonchev–Trinajstić information content (AvgIpc) is 2.82. The molecule has 1 aromatic heterocycles. The molecule has 1 N–H and O–H groups in total. The third-order valence-corrected chi connectivity index (χ3v) is 3.89. The van der Waals surface area contributed by atoms with Crippen LogP contribution >= 0.6 is 0 Å². The van der Waals surface area contributed by atoms with Crippen molar-refractivity contribution in [1.29, 1.82) is 0 Å². The molecule has 1 fully saturated rings. The van der Waals surface area contributed by atoms with Crippen molar-refractivity contribution in [3.05, 3.63) is 11.6 Å². The number of nitrogens with zero attached hydrogens (tertiary/aromatic N) is 4. The van der Waals surface area contributed by atoms with Crippen molar-refractivity contribution < 1.29 is 4.79 Å². The molecule has 3 rings (SSSR count). The van der Waals surface area contributed by atoms with Gasteiger partial charge in [0.2, 0.25) is 5.91 Å². The van der Waals surface area contributed by atoms with Crippen LogP contribution in [-0.2, 0) is 17.9 Å². The van der Waals surface area contributed by atoms with E-state index >= 15 is 0 Å². The molecule has 3 heterocycles. The fraction of sp³-hybridized carbons (Fsp3) is 0.750. The smallest absolute Gasteiger partial charge is 0.219 e. The SMILES string of the molecule is CC(=O)N1CCn2c(nnc2C2CCCNC2)C1. The zero-order valence-corrected chi connectivity index (χ0v) is 10.7. The second-order valence-corrected chi connectivity index (χ2v) is 5.11. The van der Waals surface area contributed by atoms with Crippen LogP contribution in [0.5, 0.6) is 0 Å². The molecule has 18 heavy (non-hydrogen) atoms. The number of carbonyl (C=O) groups excluding carboxylic acids is 1. The highest BCUT2D eigenvalue weighted by atomic mass is 16.2. The topological polar surface area (TPSA) is 63.1 Å². The zero-order chi connectivity index (χ0) is 12.5. The number of nitrogens with one attached hydrogen (secondary N) is 1. The fourth-order valence-electron chi connectivity index (χ4n) is 2.82. The first kappa shape index (κ1) is 11.6. The Balaban J connectivity index is 1.81. The number of piperidine rings is 1. The van der Waals surface area contributed by atoms with Crippen LogP contribution in [0.2, 0.25) is 0 Å². The predicted molar refractivity (Wildman–Crippen MR) is 66.0 cm³/mol. The van der Waals surface area contributed by atoms with E-state index in [2.05, 4.69) is 20.1 Å². The average molecular weight is 249 g/mol. The molecule has 0 radical (unpaired) electrons. The highest BCUT2D eigenvalue weighted by molar-refractivity contribution is 5.73. The lowest BCUT2D eigenvalue weighted by Crippen LogP contribution is -2.38. The normalized spacial score (nSPS) is 23.8. The van der Waals surface area contributed by atoms with Gasteiger partial charge in [0.15, 0.2) is 5.82 Å². The van der Waals surface area contributed by atoms with E-state index in [0.29, 0.717) is 12.5 Å². The third-order valence-electron chi connectivity index (χ3n) is 3.89. The van der Waals surface area contributed by atoms with Crippen LogP contribution in [0, 0.1) is 0 Å². The van der Waals surface area contributed by atoms with E-state index < -0.39 is 0 Å². The lowest BCUT2D eigenvalue weighted by Gasteiger charge is -2.29. The molecule has 0 aliphatic carbocycles. The van der Waals surface area contributed by atoms with E-state index in [1.54, 1.807) is 6.92 Å². The summed E-state index contributed by atoms with van der Waals surface area (Å²) in [5.74, 6) is 2.62. The van der Waals surface area contributed by atoms with Crippen LogP contribution in [0.1, 0.15) is 37.3 Å². The van der Waals surface area contributed by atoms with Gasteiger partial charge >= 0.3 is 0 Å². The quantitative estimate of drug-likeness (QED) is 0.767. The van der Waals surface area contributed by atoms with Crippen molar-refractivity contribution in [3.8, 4) is 0 Å². The maximum Gasteiger partial charge on any atom is 0.219 e. The number of aromatic nitrogens is 3. The Kier molecular flexibility index (Phi) is 3.03. The summed E-state index contributed by atoms with van der Waals surface area (Å²) in [6, 6.07) is 0. The summed E-state index contributed by atoms with van der Waals surface area (Å²) in [7, 11) is 0. The minimum absolute atomic E-state index is 0.116. The summed E-state index contributed by atoms with van der Waals surface area (Å²) >= 11 is 0. The van der Waals surface area contributed by atoms with Crippen LogP contribution in [0.25, 0.3) is 0 Å². The molecule has 0 saturated carbocycles. The van der Waals surface area contributed by atoms with Gasteiger partial charge < -0.3 is 14.8 Å². The van der Waals surface area contributed by atoms with Gasteiger partial charge in [0.25, 0.3) is 0 Å². The molecule has 0 aromatic carbocycles. The second kappa shape index (κ2) is 4.68. The van der Waals surface area contributed by atoms with E-state index in [-0.39, 0.29) is 5.91 Å². The Morgan fingerprint density at radius 2 is 2.28 bits per heavy atom. The van der Waals surface area contributed by atoms with Gasteiger partial charge in [-0.3, -0.25) is 4.79 Å². The highest BCUT2D eigenvalue weighted by Crippen LogP contribution is 2.24. The predicted octanol–water partition coefficient (Wildman–Crippen LogP) is 0.107. The second-order valence-electron chi connectivity index (χ2n) is 5.11. The van der Waals surface area contributed by atoms with Gasteiger partial charge in [-0.25, -0.2) is 0 Å². The van der Waals surface area contributed by atoms with Crippen LogP contribution in [-0.4, -0.2) is 45.2 Å². The summed E-state index contributed by atoms with van der Waals surface area (Å²) in [5.41, 5.74) is 0. The maximum absolute atomic E-state index is 11.4. The van der Waals surface area contributed by atoms with Gasteiger partial charge in [0.05, 0.1) is 6.54 Å². The first-order chi connectivity index (χ1) is 8.75. The largest absolute Gasteiger partial charge is 0.334 e. The minimum Gasteiger partial charge on any atom is -0.334 e. The molecule has 1 saturated heterocycles. The van der Waals surface area contributed by atoms with Gasteiger partial charge in [0, 0.05) is 32.5 Å². The van der Waals surface area contributed by atoms with E-state index in [9.17, 15) is 4.79 Å². The molecule has 6 nitrogen and oxygen atoms in total. The Morgan fingerprint density at radius 1 is 1.39 bits per heavy atom. The molecule has 1 atom stereocenters. The highest BCUT2D eigenvalue weighted by Gasteiger charge is 2.27. The van der Waals surface area contributed by atoms with E-state index in [1.165, 1.54) is 12.8 Å². The summed E-state index contributed by atoms with van der Waals surface area (Å²) in [4.78, 5) is 13.2. The van der Waals surface area contributed by atoms with Crippen LogP contribution < -0.4 is 5.32 Å². The summed E-state index contributed by atoms with van der Waals surface area (Å²) in [5, 5.41) is 12.0. The van der Waals surface area contributed by atoms with Crippen molar-refractivity contribution in [1.82, 2.24) is 25.0 Å². The molecular weight excluding hydrogens is 230 g/mol. The molecule has 1 amide bonds. The molecule has 98 valence electrons. The number of rotatable bonds is 1. The molecule has 1 aromatic rings. The van der Waals surface area contributed by atoms with E-state index in [0.717, 1.165) is 37.8 Å². The Bertz CT molecular complexity index is 449. The van der Waals surface area contributed by atoms with Crippen molar-refractivity contribution in [2.45, 2.75) is 38.8 Å². The number of fused-ring (bicyclic) bond motifs is 1. The minimum atomic E-state index is 0.116. The first-order valence-electron chi connectivity index (χ1n) is 6.64. The van der Waals surface area contributed by atoms with Crippen molar-refractivity contribution in [2.75, 3.05) is 19.6 Å². The number of carbonyl (C=O) groups is 1. The number of hydrogen-bond donors (Lipinski definition) is 1. The standard InChI is InChI=1S/C12H19N5O/c1-9(18)16-5-6-17-11(8-16)14-15-12(17)10-3-2-4-13-7-10/h10,13H,2-8H2,1H3. The zero-order valence-electron chi connectivity index (χ0n) is 10.7. The Morgan fingerprint density at radius 3 is 3.00 bits per heavy atom. The maximum atomic E-state index is 11.4. The molecule has 2 aliphatic rings. The van der Waals surface area contributed by atoms with Crippen molar-refractivity contribution in [3.63, 3.8) is 0 Å². The Hall–Kier alpha value is -1.43. The summed E-state index contributed by atoms with van der Waals surface area (Å²) in [6.45, 7) is 5.91. The monoisotopic (exact) mass is 249 g/mol. The lowest BCUT2D eigenvalue weighted by atomic mass is 9.99. The molecule has 2 aliphatic heterocycles. The van der Waals surface area contributed by atoms with E-state index in [4.69, 9.17) is 0 Å². The van der Waals surface area contributed by atoms with Crippen LogP contribution in [0.4, 0.5) is 0 Å². The molecule has 1 unspecified atom stereocenters. The summed E-state index contributed by atoms with van der Waals surface area (Å²) in [6.07, 6.45) is 2.38. The van der Waals surface area contributed by atoms with Crippen molar-refractivity contribution >= 4 is 5.91 Å². The van der Waals surface area contributed by atoms with Crippen LogP contribution in [0.3, 0.4) is 0 Å².